The molecule has 4 N–H and O–H groups in total. The van der Waals surface area contributed by atoms with E-state index in [0.717, 1.165) is 12.3 Å². The van der Waals surface area contributed by atoms with Crippen LogP contribution >= 0.6 is 0 Å². The Labute approximate surface area is 240 Å². The summed E-state index contributed by atoms with van der Waals surface area (Å²) >= 11 is 0. The molecule has 222 valence electrons. The summed E-state index contributed by atoms with van der Waals surface area (Å²) in [4.78, 5) is 34.4. The molecule has 0 aliphatic heterocycles. The molecule has 1 atom stereocenters. The maximum atomic E-state index is 13.5. The number of methoxy groups -OCH3 is 1. The SMILES string of the molecule is C=CN=C/C(=C\N)C(=O)NC(C)(Cc1cn(C)cn1)C(=O)NCc1ccc(Oc2ccc(OC)cc2C(F)(F)F)cc1. The minimum atomic E-state index is -4.65. The molecule has 2 aromatic carbocycles. The Morgan fingerprint density at radius 1 is 1.17 bits per heavy atom. The Morgan fingerprint density at radius 2 is 1.86 bits per heavy atom. The third kappa shape index (κ3) is 8.22. The predicted molar refractivity (Wildman–Crippen MR) is 151 cm³/mol. The van der Waals surface area contributed by atoms with Crippen LogP contribution in [0.2, 0.25) is 0 Å². The molecule has 0 spiro atoms. The lowest BCUT2D eigenvalue weighted by Crippen LogP contribution is -2.58. The van der Waals surface area contributed by atoms with E-state index in [1.807, 2.05) is 0 Å². The highest BCUT2D eigenvalue weighted by Gasteiger charge is 2.37. The van der Waals surface area contributed by atoms with Crippen LogP contribution in [0.5, 0.6) is 17.2 Å². The Morgan fingerprint density at radius 3 is 2.43 bits per heavy atom. The molecule has 0 radical (unpaired) electrons. The molecule has 42 heavy (non-hydrogen) atoms. The van der Waals surface area contributed by atoms with Crippen LogP contribution in [0.25, 0.3) is 0 Å². The summed E-state index contributed by atoms with van der Waals surface area (Å²) in [5.41, 5.74) is 4.37. The molecule has 0 aliphatic rings. The van der Waals surface area contributed by atoms with E-state index in [4.69, 9.17) is 15.2 Å². The molecule has 1 unspecified atom stereocenters. The third-order valence-corrected chi connectivity index (χ3v) is 6.04. The molecule has 1 aromatic heterocycles. The number of imidazole rings is 1. The number of ether oxygens (including phenoxy) is 2. The highest BCUT2D eigenvalue weighted by Crippen LogP contribution is 2.40. The summed E-state index contributed by atoms with van der Waals surface area (Å²) in [6.45, 7) is 5.07. The van der Waals surface area contributed by atoms with Gasteiger partial charge in [0.1, 0.15) is 28.4 Å². The first-order valence-corrected chi connectivity index (χ1v) is 12.5. The first-order valence-electron chi connectivity index (χ1n) is 12.5. The average molecular weight is 585 g/mol. The van der Waals surface area contributed by atoms with Gasteiger partial charge in [-0.05, 0) is 42.8 Å². The molecule has 0 aliphatic carbocycles. The van der Waals surface area contributed by atoms with Gasteiger partial charge in [-0.15, -0.1) is 0 Å². The van der Waals surface area contributed by atoms with Crippen LogP contribution in [0, 0.1) is 0 Å². The number of hydrogen-bond donors (Lipinski definition) is 3. The van der Waals surface area contributed by atoms with E-state index in [1.165, 1.54) is 43.8 Å². The van der Waals surface area contributed by atoms with E-state index in [1.54, 1.807) is 43.2 Å². The zero-order valence-electron chi connectivity index (χ0n) is 23.2. The van der Waals surface area contributed by atoms with Gasteiger partial charge in [-0.2, -0.15) is 13.2 Å². The number of aliphatic imine (C=N–C) groups is 1. The molecule has 3 rings (SSSR count). The summed E-state index contributed by atoms with van der Waals surface area (Å²) in [6, 6.07) is 9.58. The largest absolute Gasteiger partial charge is 0.497 e. The molecule has 1 heterocycles. The lowest BCUT2D eigenvalue weighted by atomic mass is 9.94. The first-order chi connectivity index (χ1) is 19.9. The number of amides is 2. The van der Waals surface area contributed by atoms with Gasteiger partial charge in [0.05, 0.1) is 24.7 Å². The third-order valence-electron chi connectivity index (χ3n) is 6.04. The van der Waals surface area contributed by atoms with Crippen LogP contribution < -0.4 is 25.8 Å². The van der Waals surface area contributed by atoms with E-state index in [9.17, 15) is 22.8 Å². The predicted octanol–water partition coefficient (Wildman–Crippen LogP) is 4.03. The van der Waals surface area contributed by atoms with Gasteiger partial charge in [0.2, 0.25) is 5.91 Å². The molecular formula is C29H31F3N6O4. The lowest BCUT2D eigenvalue weighted by Gasteiger charge is -2.29. The number of alkyl halides is 3. The van der Waals surface area contributed by atoms with Crippen molar-refractivity contribution in [3.8, 4) is 17.2 Å². The smallest absolute Gasteiger partial charge is 0.420 e. The quantitative estimate of drug-likeness (QED) is 0.218. The standard InChI is InChI=1S/C29H31F3N6O4/c1-5-34-16-20(14-33)26(39)37-28(2,13-21-17-38(3)18-36-21)27(40)35-15-19-6-8-22(9-7-19)42-25-11-10-23(41-4)12-24(25)29(30,31)32/h5-12,14,16-18H,1,13,15,33H2,2-4H3,(H,35,40)(H,37,39)/b20-14+,34-16?. The minimum absolute atomic E-state index is 0.0241. The van der Waals surface area contributed by atoms with Gasteiger partial charge in [0, 0.05) is 44.8 Å². The molecule has 13 heteroatoms. The number of nitrogens with one attached hydrogen (secondary N) is 2. The zero-order valence-corrected chi connectivity index (χ0v) is 23.2. The highest BCUT2D eigenvalue weighted by molar-refractivity contribution is 6.13. The lowest BCUT2D eigenvalue weighted by molar-refractivity contribution is -0.138. The maximum absolute atomic E-state index is 13.5. The topological polar surface area (TPSA) is 133 Å². The number of aromatic nitrogens is 2. The van der Waals surface area contributed by atoms with Crippen molar-refractivity contribution < 1.29 is 32.2 Å². The molecular weight excluding hydrogens is 553 g/mol. The summed E-state index contributed by atoms with van der Waals surface area (Å²) in [6.07, 6.45) is 2.23. The van der Waals surface area contributed by atoms with Crippen molar-refractivity contribution in [2.24, 2.45) is 17.8 Å². The Balaban J connectivity index is 1.74. The van der Waals surface area contributed by atoms with E-state index >= 15 is 0 Å². The average Bonchev–Trinajstić information content (AvgIpc) is 3.36. The van der Waals surface area contributed by atoms with Gasteiger partial charge < -0.3 is 30.4 Å². The number of nitrogens with two attached hydrogens (primary N) is 1. The van der Waals surface area contributed by atoms with Gasteiger partial charge >= 0.3 is 6.18 Å². The van der Waals surface area contributed by atoms with E-state index in [2.05, 4.69) is 27.2 Å². The molecule has 2 amide bonds. The second-order valence-corrected chi connectivity index (χ2v) is 9.36. The number of nitrogens with zero attached hydrogens (tertiary/aromatic N) is 3. The fourth-order valence-electron chi connectivity index (χ4n) is 3.86. The summed E-state index contributed by atoms with van der Waals surface area (Å²) in [5.74, 6) is -1.31. The molecule has 10 nitrogen and oxygen atoms in total. The summed E-state index contributed by atoms with van der Waals surface area (Å²) < 4.78 is 52.6. The maximum Gasteiger partial charge on any atom is 0.420 e. The van der Waals surface area contributed by atoms with Crippen LogP contribution in [0.3, 0.4) is 0 Å². The van der Waals surface area contributed by atoms with Crippen LogP contribution in [0.1, 0.15) is 23.7 Å². The number of rotatable bonds is 12. The van der Waals surface area contributed by atoms with Gasteiger partial charge in [-0.1, -0.05) is 18.7 Å². The Bertz CT molecular complexity index is 1480. The number of aryl methyl sites for hydroxylation is 1. The van der Waals surface area contributed by atoms with Crippen molar-refractivity contribution >= 4 is 18.0 Å². The fourth-order valence-corrected chi connectivity index (χ4v) is 3.86. The van der Waals surface area contributed by atoms with Crippen molar-refractivity contribution in [2.75, 3.05) is 7.11 Å². The van der Waals surface area contributed by atoms with Crippen molar-refractivity contribution in [1.82, 2.24) is 20.2 Å². The highest BCUT2D eigenvalue weighted by atomic mass is 19.4. The first kappa shape index (κ1) is 31.5. The number of halogens is 3. The van der Waals surface area contributed by atoms with Crippen molar-refractivity contribution in [1.29, 1.82) is 0 Å². The number of benzene rings is 2. The second kappa shape index (κ2) is 13.5. The van der Waals surface area contributed by atoms with E-state index in [-0.39, 0.29) is 35.8 Å². The number of carbonyl (C=O) groups excluding carboxylic acids is 2. The molecule has 0 bridgehead atoms. The van der Waals surface area contributed by atoms with Crippen molar-refractivity contribution in [3.05, 3.63) is 96.4 Å². The monoisotopic (exact) mass is 584 g/mol. The molecule has 0 fully saturated rings. The van der Waals surface area contributed by atoms with Crippen molar-refractivity contribution in [2.45, 2.75) is 31.6 Å². The molecule has 0 saturated carbocycles. The van der Waals surface area contributed by atoms with Gasteiger partial charge in [0.15, 0.2) is 0 Å². The van der Waals surface area contributed by atoms with Gasteiger partial charge in [-0.25, -0.2) is 4.98 Å². The number of carbonyl (C=O) groups is 2. The molecule has 0 saturated heterocycles. The zero-order chi connectivity index (χ0) is 30.9. The summed E-state index contributed by atoms with van der Waals surface area (Å²) in [7, 11) is 3.05. The van der Waals surface area contributed by atoms with Crippen LogP contribution in [0.4, 0.5) is 13.2 Å². The fraction of sp³-hybridized carbons (Fsp3) is 0.241. The second-order valence-electron chi connectivity index (χ2n) is 9.36. The van der Waals surface area contributed by atoms with Crippen molar-refractivity contribution in [3.63, 3.8) is 0 Å². The minimum Gasteiger partial charge on any atom is -0.497 e. The van der Waals surface area contributed by atoms with Crippen LogP contribution in [-0.2, 0) is 35.8 Å². The number of hydrogen-bond acceptors (Lipinski definition) is 7. The van der Waals surface area contributed by atoms with Crippen LogP contribution in [-0.4, -0.2) is 40.2 Å². The van der Waals surface area contributed by atoms with E-state index in [0.29, 0.717) is 11.3 Å². The van der Waals surface area contributed by atoms with Crippen LogP contribution in [0.15, 0.2) is 84.5 Å². The van der Waals surface area contributed by atoms with Gasteiger partial charge in [-0.3, -0.25) is 14.6 Å². The summed E-state index contributed by atoms with van der Waals surface area (Å²) in [5, 5.41) is 5.50. The Hall–Kier alpha value is -5.07. The van der Waals surface area contributed by atoms with Gasteiger partial charge in [0.25, 0.3) is 5.91 Å². The van der Waals surface area contributed by atoms with E-state index < -0.39 is 29.1 Å². The molecule has 3 aromatic rings. The normalized spacial score (nSPS) is 13.3. The Kier molecular flexibility index (Phi) is 10.1.